The summed E-state index contributed by atoms with van der Waals surface area (Å²) in [5.41, 5.74) is 1.93. The number of amides is 1. The average molecular weight is 324 g/mol. The van der Waals surface area contributed by atoms with E-state index in [0.717, 1.165) is 6.26 Å². The fraction of sp³-hybridized carbons (Fsp3) is 0.562. The molecule has 1 aliphatic rings. The van der Waals surface area contributed by atoms with Crippen molar-refractivity contribution in [2.75, 3.05) is 18.1 Å². The van der Waals surface area contributed by atoms with Crippen molar-refractivity contribution in [3.63, 3.8) is 0 Å². The first kappa shape index (κ1) is 17.0. The van der Waals surface area contributed by atoms with Gasteiger partial charge in [-0.1, -0.05) is 32.9 Å². The van der Waals surface area contributed by atoms with Gasteiger partial charge in [-0.3, -0.25) is 4.79 Å². The Balaban J connectivity index is 2.09. The summed E-state index contributed by atoms with van der Waals surface area (Å²) in [5.74, 6) is -0.258. The highest BCUT2D eigenvalue weighted by Gasteiger charge is 2.36. The Kier molecular flexibility index (Phi) is 4.63. The fourth-order valence-corrected chi connectivity index (χ4v) is 3.80. The van der Waals surface area contributed by atoms with Gasteiger partial charge in [0.05, 0.1) is 6.26 Å². The Morgan fingerprint density at radius 1 is 1.23 bits per heavy atom. The molecule has 1 saturated heterocycles. The maximum atomic E-state index is 12.3. The van der Waals surface area contributed by atoms with Gasteiger partial charge in [0.15, 0.2) is 0 Å². The molecule has 1 fully saturated rings. The molecule has 5 nitrogen and oxygen atoms in total. The van der Waals surface area contributed by atoms with Crippen LogP contribution in [0.1, 0.15) is 39.2 Å². The summed E-state index contributed by atoms with van der Waals surface area (Å²) < 4.78 is 24.7. The second-order valence-electron chi connectivity index (χ2n) is 6.85. The predicted octanol–water partition coefficient (Wildman–Crippen LogP) is 2.35. The maximum Gasteiger partial charge on any atom is 0.242 e. The lowest BCUT2D eigenvalue weighted by atomic mass is 9.87. The topological polar surface area (TPSA) is 66.5 Å². The summed E-state index contributed by atoms with van der Waals surface area (Å²) in [4.78, 5) is 12.3. The molecule has 22 heavy (non-hydrogen) atoms. The van der Waals surface area contributed by atoms with Crippen LogP contribution in [-0.2, 0) is 20.2 Å². The van der Waals surface area contributed by atoms with Crippen LogP contribution in [-0.4, -0.2) is 37.5 Å². The van der Waals surface area contributed by atoms with Gasteiger partial charge >= 0.3 is 0 Å². The Morgan fingerprint density at radius 3 is 2.32 bits per heavy atom. The van der Waals surface area contributed by atoms with E-state index in [1.165, 1.54) is 9.87 Å². The number of nitrogens with zero attached hydrogens (tertiary/aromatic N) is 1. The van der Waals surface area contributed by atoms with Gasteiger partial charge in [0.25, 0.3) is 0 Å². The Morgan fingerprint density at radius 2 is 1.82 bits per heavy atom. The van der Waals surface area contributed by atoms with Gasteiger partial charge in [-0.05, 0) is 36.0 Å². The number of carbonyl (C=O) groups is 1. The first-order chi connectivity index (χ1) is 10.1. The van der Waals surface area contributed by atoms with Gasteiger partial charge in [0, 0.05) is 12.2 Å². The van der Waals surface area contributed by atoms with Crippen LogP contribution in [0.4, 0.5) is 5.69 Å². The zero-order chi connectivity index (χ0) is 16.5. The molecule has 1 heterocycles. The van der Waals surface area contributed by atoms with E-state index in [1.807, 2.05) is 24.3 Å². The highest BCUT2D eigenvalue weighted by Crippen LogP contribution is 2.25. The number of benzene rings is 1. The maximum absolute atomic E-state index is 12.3. The van der Waals surface area contributed by atoms with E-state index in [2.05, 4.69) is 26.1 Å². The number of hydrogen-bond donors (Lipinski definition) is 1. The highest BCUT2D eigenvalue weighted by atomic mass is 32.2. The molecule has 0 saturated carbocycles. The molecule has 1 unspecified atom stereocenters. The third-order valence-corrected chi connectivity index (χ3v) is 5.24. The van der Waals surface area contributed by atoms with Crippen LogP contribution in [0.3, 0.4) is 0 Å². The minimum absolute atomic E-state index is 0.0566. The van der Waals surface area contributed by atoms with Crippen LogP contribution in [0.5, 0.6) is 0 Å². The van der Waals surface area contributed by atoms with Crippen LogP contribution in [0.15, 0.2) is 24.3 Å². The summed E-state index contributed by atoms with van der Waals surface area (Å²) in [6.07, 6.45) is 2.43. The predicted molar refractivity (Wildman–Crippen MR) is 88.3 cm³/mol. The first-order valence-corrected chi connectivity index (χ1v) is 9.32. The van der Waals surface area contributed by atoms with E-state index < -0.39 is 16.1 Å². The molecule has 0 spiro atoms. The first-order valence-electron chi connectivity index (χ1n) is 7.47. The van der Waals surface area contributed by atoms with E-state index in [4.69, 9.17) is 0 Å². The molecule has 2 rings (SSSR count). The highest BCUT2D eigenvalue weighted by molar-refractivity contribution is 7.88. The zero-order valence-corrected chi connectivity index (χ0v) is 14.4. The van der Waals surface area contributed by atoms with E-state index in [9.17, 15) is 13.2 Å². The smallest absolute Gasteiger partial charge is 0.242 e. The van der Waals surface area contributed by atoms with Crippen molar-refractivity contribution < 1.29 is 13.2 Å². The van der Waals surface area contributed by atoms with Crippen LogP contribution in [0, 0.1) is 0 Å². The van der Waals surface area contributed by atoms with Gasteiger partial charge in [0.1, 0.15) is 6.04 Å². The van der Waals surface area contributed by atoms with Gasteiger partial charge in [0.2, 0.25) is 15.9 Å². The minimum Gasteiger partial charge on any atom is -0.325 e. The quantitative estimate of drug-likeness (QED) is 0.928. The third kappa shape index (κ3) is 3.87. The van der Waals surface area contributed by atoms with E-state index in [0.29, 0.717) is 25.1 Å². The summed E-state index contributed by atoms with van der Waals surface area (Å²) in [7, 11) is -3.34. The van der Waals surface area contributed by atoms with Crippen molar-refractivity contribution in [2.24, 2.45) is 0 Å². The third-order valence-electron chi connectivity index (χ3n) is 3.95. The Labute approximate surface area is 132 Å². The number of hydrogen-bond acceptors (Lipinski definition) is 3. The molecule has 6 heteroatoms. The molecule has 1 aromatic rings. The lowest BCUT2D eigenvalue weighted by Gasteiger charge is -2.22. The zero-order valence-electron chi connectivity index (χ0n) is 13.6. The number of sulfonamides is 1. The summed E-state index contributed by atoms with van der Waals surface area (Å²) in [6, 6.07) is 7.09. The molecule has 0 aliphatic carbocycles. The lowest BCUT2D eigenvalue weighted by molar-refractivity contribution is -0.119. The normalized spacial score (nSPS) is 20.1. The second kappa shape index (κ2) is 6.01. The Bertz CT molecular complexity index is 645. The number of anilines is 1. The Hall–Kier alpha value is -1.40. The number of carbonyl (C=O) groups excluding carboxylic acids is 1. The van der Waals surface area contributed by atoms with Crippen molar-refractivity contribution in [1.82, 2.24) is 4.31 Å². The molecule has 1 N–H and O–H groups in total. The molecule has 122 valence electrons. The molecule has 0 radical (unpaired) electrons. The molecule has 1 amide bonds. The molecule has 0 bridgehead atoms. The largest absolute Gasteiger partial charge is 0.325 e. The van der Waals surface area contributed by atoms with Crippen molar-refractivity contribution in [3.05, 3.63) is 29.8 Å². The second-order valence-corrected chi connectivity index (χ2v) is 8.78. The molecular weight excluding hydrogens is 300 g/mol. The monoisotopic (exact) mass is 324 g/mol. The average Bonchev–Trinajstić information content (AvgIpc) is 2.87. The molecule has 1 aromatic carbocycles. The van der Waals surface area contributed by atoms with Crippen molar-refractivity contribution >= 4 is 21.6 Å². The minimum atomic E-state index is -3.34. The van der Waals surface area contributed by atoms with Crippen LogP contribution in [0.2, 0.25) is 0 Å². The summed E-state index contributed by atoms with van der Waals surface area (Å²) in [5, 5.41) is 2.82. The molecular formula is C16H24N2O3S. The fourth-order valence-electron chi connectivity index (χ4n) is 2.68. The van der Waals surface area contributed by atoms with Gasteiger partial charge < -0.3 is 5.32 Å². The van der Waals surface area contributed by atoms with E-state index >= 15 is 0 Å². The van der Waals surface area contributed by atoms with Crippen molar-refractivity contribution in [1.29, 1.82) is 0 Å². The standard InChI is InChI=1S/C16H24N2O3S/c1-16(2,3)12-7-9-13(10-8-12)17-15(19)14-6-5-11-18(14)22(4,20)21/h7-10,14H,5-6,11H2,1-4H3,(H,17,19). The number of rotatable bonds is 3. The van der Waals surface area contributed by atoms with Crippen LogP contribution >= 0.6 is 0 Å². The molecule has 1 atom stereocenters. The lowest BCUT2D eigenvalue weighted by Crippen LogP contribution is -2.42. The van der Waals surface area contributed by atoms with Gasteiger partial charge in [-0.2, -0.15) is 4.31 Å². The van der Waals surface area contributed by atoms with Crippen LogP contribution in [0.25, 0.3) is 0 Å². The van der Waals surface area contributed by atoms with Crippen LogP contribution < -0.4 is 5.32 Å². The van der Waals surface area contributed by atoms with E-state index in [-0.39, 0.29) is 11.3 Å². The van der Waals surface area contributed by atoms with Crippen molar-refractivity contribution in [2.45, 2.75) is 45.1 Å². The summed E-state index contributed by atoms with van der Waals surface area (Å²) in [6.45, 7) is 6.80. The molecule has 1 aliphatic heterocycles. The number of nitrogens with one attached hydrogen (secondary N) is 1. The summed E-state index contributed by atoms with van der Waals surface area (Å²) >= 11 is 0. The SMILES string of the molecule is CC(C)(C)c1ccc(NC(=O)C2CCCN2S(C)(=O)=O)cc1. The van der Waals surface area contributed by atoms with E-state index in [1.54, 1.807) is 0 Å². The van der Waals surface area contributed by atoms with Gasteiger partial charge in [-0.15, -0.1) is 0 Å². The molecule has 0 aromatic heterocycles. The van der Waals surface area contributed by atoms with Gasteiger partial charge in [-0.25, -0.2) is 8.42 Å². The van der Waals surface area contributed by atoms with Crippen molar-refractivity contribution in [3.8, 4) is 0 Å².